The number of nitrogens with one attached hydrogen (secondary N) is 1. The van der Waals surface area contributed by atoms with E-state index < -0.39 is 0 Å². The van der Waals surface area contributed by atoms with Crippen molar-refractivity contribution >= 4 is 11.9 Å². The Hall–Kier alpha value is -3.08. The molecule has 3 aromatic rings. The first-order valence-corrected chi connectivity index (χ1v) is 8.32. The van der Waals surface area contributed by atoms with Crippen LogP contribution in [0.4, 0.5) is 5.69 Å². The second kappa shape index (κ2) is 8.15. The van der Waals surface area contributed by atoms with Crippen LogP contribution in [0.2, 0.25) is 0 Å². The summed E-state index contributed by atoms with van der Waals surface area (Å²) in [5.74, 6) is 0.874. The number of ether oxygens (including phenoxy) is 1. The maximum atomic E-state index is 5.92. The first kappa shape index (κ1) is 16.8. The van der Waals surface area contributed by atoms with Gasteiger partial charge < -0.3 is 4.74 Å². The minimum absolute atomic E-state index is 0.121. The Morgan fingerprint density at radius 1 is 1.16 bits per heavy atom. The van der Waals surface area contributed by atoms with E-state index in [1.807, 2.05) is 73.3 Å². The SMILES string of the molecule is CC(C)Oc1ccc(C=NNc2ccccc2)cc1Cn1cccn1. The smallest absolute Gasteiger partial charge is 0.124 e. The van der Waals surface area contributed by atoms with Gasteiger partial charge in [0.2, 0.25) is 0 Å². The summed E-state index contributed by atoms with van der Waals surface area (Å²) >= 11 is 0. The van der Waals surface area contributed by atoms with E-state index in [0.29, 0.717) is 6.54 Å². The lowest BCUT2D eigenvalue weighted by atomic mass is 10.1. The fraction of sp³-hybridized carbons (Fsp3) is 0.200. The van der Waals surface area contributed by atoms with Crippen LogP contribution in [-0.4, -0.2) is 22.1 Å². The van der Waals surface area contributed by atoms with Crippen LogP contribution in [-0.2, 0) is 6.54 Å². The Balaban J connectivity index is 1.77. The van der Waals surface area contributed by atoms with Crippen LogP contribution in [0.15, 0.2) is 72.1 Å². The molecule has 0 aliphatic heterocycles. The summed E-state index contributed by atoms with van der Waals surface area (Å²) in [6.07, 6.45) is 5.64. The minimum Gasteiger partial charge on any atom is -0.491 e. The maximum Gasteiger partial charge on any atom is 0.124 e. The Labute approximate surface area is 148 Å². The van der Waals surface area contributed by atoms with Gasteiger partial charge in [0.1, 0.15) is 5.75 Å². The summed E-state index contributed by atoms with van der Waals surface area (Å²) in [5, 5.41) is 8.58. The predicted molar refractivity (Wildman–Crippen MR) is 101 cm³/mol. The van der Waals surface area contributed by atoms with Gasteiger partial charge in [-0.1, -0.05) is 18.2 Å². The number of hydrogen-bond donors (Lipinski definition) is 1. The van der Waals surface area contributed by atoms with E-state index in [4.69, 9.17) is 4.74 Å². The van der Waals surface area contributed by atoms with Crippen molar-refractivity contribution in [3.63, 3.8) is 0 Å². The van der Waals surface area contributed by atoms with Crippen LogP contribution >= 0.6 is 0 Å². The fourth-order valence-electron chi connectivity index (χ4n) is 2.43. The molecule has 1 N–H and O–H groups in total. The number of benzene rings is 2. The van der Waals surface area contributed by atoms with Gasteiger partial charge in [0.15, 0.2) is 0 Å². The summed E-state index contributed by atoms with van der Waals surface area (Å²) in [7, 11) is 0. The van der Waals surface area contributed by atoms with Gasteiger partial charge in [-0.05, 0) is 55.8 Å². The standard InChI is InChI=1S/C20H22N4O/c1-16(2)25-20-10-9-17(13-18(20)15-24-12-6-11-22-24)14-21-23-19-7-4-3-5-8-19/h3-14,16,23H,15H2,1-2H3. The van der Waals surface area contributed by atoms with Crippen LogP contribution in [0.1, 0.15) is 25.0 Å². The van der Waals surface area contributed by atoms with E-state index >= 15 is 0 Å². The average Bonchev–Trinajstić information content (AvgIpc) is 3.11. The van der Waals surface area contributed by atoms with Crippen molar-refractivity contribution in [1.82, 2.24) is 9.78 Å². The third-order valence-electron chi connectivity index (χ3n) is 3.52. The Bertz CT molecular complexity index is 811. The molecule has 0 saturated heterocycles. The topological polar surface area (TPSA) is 51.4 Å². The lowest BCUT2D eigenvalue weighted by molar-refractivity contribution is 0.239. The van der Waals surface area contributed by atoms with E-state index in [9.17, 15) is 0 Å². The Morgan fingerprint density at radius 3 is 2.72 bits per heavy atom. The zero-order valence-electron chi connectivity index (χ0n) is 14.5. The highest BCUT2D eigenvalue weighted by Crippen LogP contribution is 2.22. The van der Waals surface area contributed by atoms with Crippen molar-refractivity contribution in [2.24, 2.45) is 5.10 Å². The van der Waals surface area contributed by atoms with Gasteiger partial charge in [0, 0.05) is 18.0 Å². The molecule has 1 heterocycles. The molecule has 3 rings (SSSR count). The lowest BCUT2D eigenvalue weighted by Gasteiger charge is -2.15. The fourth-order valence-corrected chi connectivity index (χ4v) is 2.43. The molecule has 0 aliphatic carbocycles. The Morgan fingerprint density at radius 2 is 2.00 bits per heavy atom. The number of rotatable bonds is 7. The molecule has 128 valence electrons. The normalized spacial score (nSPS) is 11.2. The first-order chi connectivity index (χ1) is 12.2. The van der Waals surface area contributed by atoms with Gasteiger partial charge in [0.05, 0.1) is 24.6 Å². The molecule has 0 bridgehead atoms. The van der Waals surface area contributed by atoms with E-state index in [1.165, 1.54) is 0 Å². The van der Waals surface area contributed by atoms with Gasteiger partial charge in [-0.25, -0.2) is 0 Å². The molecule has 2 aromatic carbocycles. The zero-order valence-corrected chi connectivity index (χ0v) is 14.5. The molecule has 0 saturated carbocycles. The van der Waals surface area contributed by atoms with Crippen LogP contribution in [0.5, 0.6) is 5.75 Å². The van der Waals surface area contributed by atoms with Crippen molar-refractivity contribution < 1.29 is 4.74 Å². The van der Waals surface area contributed by atoms with E-state index in [2.05, 4.69) is 21.7 Å². The molecule has 5 heteroatoms. The highest BCUT2D eigenvalue weighted by molar-refractivity contribution is 5.81. The lowest BCUT2D eigenvalue weighted by Crippen LogP contribution is -2.10. The maximum absolute atomic E-state index is 5.92. The van der Waals surface area contributed by atoms with E-state index in [0.717, 1.165) is 22.6 Å². The molecular weight excluding hydrogens is 312 g/mol. The molecule has 1 aromatic heterocycles. The van der Waals surface area contributed by atoms with Crippen molar-refractivity contribution in [2.75, 3.05) is 5.43 Å². The highest BCUT2D eigenvalue weighted by atomic mass is 16.5. The largest absolute Gasteiger partial charge is 0.491 e. The Kier molecular flexibility index (Phi) is 5.46. The molecule has 0 aliphatic rings. The first-order valence-electron chi connectivity index (χ1n) is 8.32. The number of hydrogen-bond acceptors (Lipinski definition) is 4. The number of hydrazone groups is 1. The third-order valence-corrected chi connectivity index (χ3v) is 3.52. The van der Waals surface area contributed by atoms with Crippen molar-refractivity contribution in [3.8, 4) is 5.75 Å². The zero-order chi connectivity index (χ0) is 17.5. The van der Waals surface area contributed by atoms with Crippen LogP contribution in [0.3, 0.4) is 0 Å². The van der Waals surface area contributed by atoms with Crippen LogP contribution < -0.4 is 10.2 Å². The summed E-state index contributed by atoms with van der Waals surface area (Å²) in [6.45, 7) is 4.70. The van der Waals surface area contributed by atoms with Gasteiger partial charge in [-0.2, -0.15) is 10.2 Å². The molecule has 5 nitrogen and oxygen atoms in total. The summed E-state index contributed by atoms with van der Waals surface area (Å²) in [6, 6.07) is 17.8. The second-order valence-corrected chi connectivity index (χ2v) is 5.97. The number of para-hydroxylation sites is 1. The van der Waals surface area contributed by atoms with Crippen molar-refractivity contribution in [1.29, 1.82) is 0 Å². The van der Waals surface area contributed by atoms with Gasteiger partial charge in [-0.15, -0.1) is 0 Å². The number of nitrogens with zero attached hydrogens (tertiary/aromatic N) is 3. The van der Waals surface area contributed by atoms with Crippen molar-refractivity contribution in [3.05, 3.63) is 78.1 Å². The second-order valence-electron chi connectivity index (χ2n) is 5.97. The average molecular weight is 334 g/mol. The molecule has 0 amide bonds. The molecule has 0 unspecified atom stereocenters. The number of anilines is 1. The van der Waals surface area contributed by atoms with E-state index in [-0.39, 0.29) is 6.10 Å². The summed E-state index contributed by atoms with van der Waals surface area (Å²) in [5.41, 5.74) is 6.05. The molecule has 0 atom stereocenters. The van der Waals surface area contributed by atoms with Crippen molar-refractivity contribution in [2.45, 2.75) is 26.5 Å². The highest BCUT2D eigenvalue weighted by Gasteiger charge is 2.08. The van der Waals surface area contributed by atoms with Crippen LogP contribution in [0.25, 0.3) is 0 Å². The molecule has 0 radical (unpaired) electrons. The molecule has 25 heavy (non-hydrogen) atoms. The summed E-state index contributed by atoms with van der Waals surface area (Å²) in [4.78, 5) is 0. The van der Waals surface area contributed by atoms with Crippen LogP contribution in [0, 0.1) is 0 Å². The molecule has 0 fully saturated rings. The third kappa shape index (κ3) is 4.94. The van der Waals surface area contributed by atoms with Gasteiger partial charge in [0.25, 0.3) is 0 Å². The molecular formula is C20H22N4O. The molecule has 0 spiro atoms. The predicted octanol–water partition coefficient (Wildman–Crippen LogP) is 4.16. The van der Waals surface area contributed by atoms with Gasteiger partial charge in [-0.3, -0.25) is 10.1 Å². The van der Waals surface area contributed by atoms with E-state index in [1.54, 1.807) is 12.4 Å². The monoisotopic (exact) mass is 334 g/mol. The number of aromatic nitrogens is 2. The summed E-state index contributed by atoms with van der Waals surface area (Å²) < 4.78 is 7.80. The van der Waals surface area contributed by atoms with Gasteiger partial charge >= 0.3 is 0 Å². The quantitative estimate of drug-likeness (QED) is 0.521. The minimum atomic E-state index is 0.121.